The molecule has 0 aromatic heterocycles. The highest BCUT2D eigenvalue weighted by atomic mass is 15.1. The average Bonchev–Trinajstić information content (AvgIpc) is 2.48. The maximum Gasteiger partial charge on any atom is 0.0417 e. The van der Waals surface area contributed by atoms with Gasteiger partial charge >= 0.3 is 0 Å². The van der Waals surface area contributed by atoms with E-state index in [2.05, 4.69) is 61.3 Å². The average molecular weight is 272 g/mol. The molecule has 1 aliphatic heterocycles. The first-order valence-electron chi connectivity index (χ1n) is 7.99. The van der Waals surface area contributed by atoms with Gasteiger partial charge in [0.2, 0.25) is 0 Å². The molecule has 1 aromatic carbocycles. The maximum absolute atomic E-state index is 3.68. The molecule has 0 saturated carbocycles. The first kappa shape index (κ1) is 15.1. The van der Waals surface area contributed by atoms with Crippen molar-refractivity contribution in [3.8, 4) is 0 Å². The van der Waals surface area contributed by atoms with Gasteiger partial charge in [-0.25, -0.2) is 0 Å². The van der Waals surface area contributed by atoms with Crippen LogP contribution in [-0.2, 0) is 0 Å². The van der Waals surface area contributed by atoms with Gasteiger partial charge in [-0.1, -0.05) is 43.7 Å². The summed E-state index contributed by atoms with van der Waals surface area (Å²) >= 11 is 0. The Morgan fingerprint density at radius 1 is 1.25 bits per heavy atom. The summed E-state index contributed by atoms with van der Waals surface area (Å²) in [5, 5.41) is 3.68. The molecule has 0 amide bonds. The van der Waals surface area contributed by atoms with E-state index >= 15 is 0 Å². The Kier molecular flexibility index (Phi) is 5.66. The molecule has 2 nitrogen and oxygen atoms in total. The van der Waals surface area contributed by atoms with E-state index in [1.165, 1.54) is 29.7 Å². The zero-order valence-electron chi connectivity index (χ0n) is 13.2. The molecule has 0 saturated heterocycles. The van der Waals surface area contributed by atoms with E-state index in [9.17, 15) is 0 Å². The van der Waals surface area contributed by atoms with Crippen molar-refractivity contribution in [2.45, 2.75) is 46.1 Å². The fraction of sp³-hybridized carbons (Fsp3) is 0.556. The van der Waals surface area contributed by atoms with E-state index in [4.69, 9.17) is 0 Å². The highest BCUT2D eigenvalue weighted by Crippen LogP contribution is 2.30. The Labute approximate surface area is 123 Å². The van der Waals surface area contributed by atoms with Crippen LogP contribution in [0.2, 0.25) is 0 Å². The van der Waals surface area contributed by atoms with Crippen molar-refractivity contribution in [1.29, 1.82) is 0 Å². The van der Waals surface area contributed by atoms with Crippen LogP contribution in [0.25, 0.3) is 0 Å². The Bertz CT molecular complexity index is 450. The van der Waals surface area contributed by atoms with Crippen molar-refractivity contribution in [3.05, 3.63) is 41.5 Å². The van der Waals surface area contributed by atoms with Crippen LogP contribution in [0, 0.1) is 0 Å². The third-order valence-corrected chi connectivity index (χ3v) is 4.03. The Balaban J connectivity index is 2.22. The van der Waals surface area contributed by atoms with Crippen LogP contribution in [0.3, 0.4) is 0 Å². The SMILES string of the molecule is CCCNC(CC)c1ccccc1N1CCC=C(C)C1. The van der Waals surface area contributed by atoms with Gasteiger partial charge in [0.1, 0.15) is 0 Å². The van der Waals surface area contributed by atoms with Crippen LogP contribution >= 0.6 is 0 Å². The van der Waals surface area contributed by atoms with Crippen LogP contribution in [-0.4, -0.2) is 19.6 Å². The van der Waals surface area contributed by atoms with Gasteiger partial charge in [0.25, 0.3) is 0 Å². The lowest BCUT2D eigenvalue weighted by Gasteiger charge is -2.32. The highest BCUT2D eigenvalue weighted by Gasteiger charge is 2.18. The van der Waals surface area contributed by atoms with Crippen LogP contribution in [0.15, 0.2) is 35.9 Å². The van der Waals surface area contributed by atoms with Gasteiger partial charge in [0.05, 0.1) is 0 Å². The Morgan fingerprint density at radius 3 is 2.75 bits per heavy atom. The lowest BCUT2D eigenvalue weighted by atomic mass is 10.00. The minimum Gasteiger partial charge on any atom is -0.367 e. The number of hydrogen-bond donors (Lipinski definition) is 1. The molecule has 0 fully saturated rings. The second kappa shape index (κ2) is 7.49. The number of benzene rings is 1. The summed E-state index contributed by atoms with van der Waals surface area (Å²) in [7, 11) is 0. The van der Waals surface area contributed by atoms with E-state index < -0.39 is 0 Å². The lowest BCUT2D eigenvalue weighted by molar-refractivity contribution is 0.517. The summed E-state index contributed by atoms with van der Waals surface area (Å²) in [6.07, 6.45) is 5.86. The van der Waals surface area contributed by atoms with Crippen molar-refractivity contribution in [2.24, 2.45) is 0 Å². The third-order valence-electron chi connectivity index (χ3n) is 4.03. The van der Waals surface area contributed by atoms with Crippen molar-refractivity contribution in [2.75, 3.05) is 24.5 Å². The zero-order chi connectivity index (χ0) is 14.4. The van der Waals surface area contributed by atoms with Crippen LogP contribution in [0.4, 0.5) is 5.69 Å². The van der Waals surface area contributed by atoms with E-state index in [-0.39, 0.29) is 0 Å². The molecule has 0 bridgehead atoms. The molecule has 0 radical (unpaired) electrons. The summed E-state index contributed by atoms with van der Waals surface area (Å²) in [5.74, 6) is 0. The van der Waals surface area contributed by atoms with Gasteiger partial charge in [-0.15, -0.1) is 0 Å². The standard InChI is InChI=1S/C18H28N2/c1-4-12-19-17(5-2)16-10-6-7-11-18(16)20-13-8-9-15(3)14-20/h6-7,9-11,17,19H,4-5,8,12-14H2,1-3H3. The first-order valence-corrected chi connectivity index (χ1v) is 7.99. The predicted molar refractivity (Wildman–Crippen MR) is 88.4 cm³/mol. The molecule has 2 heteroatoms. The second-order valence-electron chi connectivity index (χ2n) is 5.73. The van der Waals surface area contributed by atoms with Crippen molar-refractivity contribution >= 4 is 5.69 Å². The summed E-state index contributed by atoms with van der Waals surface area (Å²) in [4.78, 5) is 2.53. The highest BCUT2D eigenvalue weighted by molar-refractivity contribution is 5.56. The molecular formula is C18H28N2. The smallest absolute Gasteiger partial charge is 0.0417 e. The van der Waals surface area contributed by atoms with Gasteiger partial charge < -0.3 is 10.2 Å². The van der Waals surface area contributed by atoms with Gasteiger partial charge in [-0.3, -0.25) is 0 Å². The third kappa shape index (κ3) is 3.63. The number of para-hydroxylation sites is 1. The topological polar surface area (TPSA) is 15.3 Å². The number of anilines is 1. The second-order valence-corrected chi connectivity index (χ2v) is 5.73. The molecule has 20 heavy (non-hydrogen) atoms. The van der Waals surface area contributed by atoms with Gasteiger partial charge in [0.15, 0.2) is 0 Å². The van der Waals surface area contributed by atoms with E-state index in [0.717, 1.165) is 26.1 Å². The lowest BCUT2D eigenvalue weighted by Crippen LogP contribution is -2.31. The van der Waals surface area contributed by atoms with Crippen molar-refractivity contribution in [3.63, 3.8) is 0 Å². The van der Waals surface area contributed by atoms with Crippen LogP contribution in [0.5, 0.6) is 0 Å². The molecule has 1 unspecified atom stereocenters. The predicted octanol–water partition coefficient (Wildman–Crippen LogP) is 4.29. The quantitative estimate of drug-likeness (QED) is 0.777. The summed E-state index contributed by atoms with van der Waals surface area (Å²) in [5.41, 5.74) is 4.36. The molecule has 1 atom stereocenters. The fourth-order valence-corrected chi connectivity index (χ4v) is 2.98. The molecule has 1 N–H and O–H groups in total. The van der Waals surface area contributed by atoms with Crippen LogP contribution in [0.1, 0.15) is 51.6 Å². The van der Waals surface area contributed by atoms with Crippen molar-refractivity contribution in [1.82, 2.24) is 5.32 Å². The maximum atomic E-state index is 3.68. The molecule has 1 heterocycles. The summed E-state index contributed by atoms with van der Waals surface area (Å²) < 4.78 is 0. The minimum atomic E-state index is 0.470. The largest absolute Gasteiger partial charge is 0.367 e. The van der Waals surface area contributed by atoms with Gasteiger partial charge in [0, 0.05) is 24.8 Å². The molecule has 0 spiro atoms. The van der Waals surface area contributed by atoms with Gasteiger partial charge in [-0.2, -0.15) is 0 Å². The van der Waals surface area contributed by atoms with E-state index in [0.29, 0.717) is 6.04 Å². The van der Waals surface area contributed by atoms with Crippen molar-refractivity contribution < 1.29 is 0 Å². The number of nitrogens with one attached hydrogen (secondary N) is 1. The first-order chi connectivity index (χ1) is 9.76. The van der Waals surface area contributed by atoms with E-state index in [1.807, 2.05) is 0 Å². The Hall–Kier alpha value is -1.28. The van der Waals surface area contributed by atoms with E-state index in [1.54, 1.807) is 0 Å². The normalized spacial score (nSPS) is 16.9. The molecule has 110 valence electrons. The molecule has 2 rings (SSSR count). The number of rotatable bonds is 6. The minimum absolute atomic E-state index is 0.470. The number of nitrogens with zero attached hydrogens (tertiary/aromatic N) is 1. The monoisotopic (exact) mass is 272 g/mol. The zero-order valence-corrected chi connectivity index (χ0v) is 13.2. The number of hydrogen-bond acceptors (Lipinski definition) is 2. The molecule has 0 aliphatic carbocycles. The molecule has 1 aromatic rings. The summed E-state index contributed by atoms with van der Waals surface area (Å²) in [6.45, 7) is 10.0. The van der Waals surface area contributed by atoms with Crippen LogP contribution < -0.4 is 10.2 Å². The Morgan fingerprint density at radius 2 is 2.05 bits per heavy atom. The molecule has 1 aliphatic rings. The fourth-order valence-electron chi connectivity index (χ4n) is 2.98. The van der Waals surface area contributed by atoms with Gasteiger partial charge in [-0.05, 0) is 44.4 Å². The molecular weight excluding hydrogens is 244 g/mol. The summed E-state index contributed by atoms with van der Waals surface area (Å²) in [6, 6.07) is 9.38.